The first kappa shape index (κ1) is 18.8. The van der Waals surface area contributed by atoms with Crippen molar-refractivity contribution < 1.29 is 37.2 Å². The summed E-state index contributed by atoms with van der Waals surface area (Å²) in [7, 11) is -4.64. The Morgan fingerprint density at radius 3 is 2.04 bits per heavy atom. The van der Waals surface area contributed by atoms with Crippen LogP contribution < -0.4 is 5.73 Å². The maximum Gasteiger partial charge on any atom is 0.466 e. The Hall–Kier alpha value is -2.26. The maximum absolute atomic E-state index is 13.6. The van der Waals surface area contributed by atoms with Gasteiger partial charge in [0.15, 0.2) is 0 Å². The first-order chi connectivity index (χ1) is 10.5. The summed E-state index contributed by atoms with van der Waals surface area (Å²) in [5.41, 5.74) is 3.81. The van der Waals surface area contributed by atoms with Crippen LogP contribution in [-0.4, -0.2) is 25.6 Å². The van der Waals surface area contributed by atoms with Gasteiger partial charge in [-0.3, -0.25) is 4.79 Å². The molecule has 0 atom stereocenters. The van der Waals surface area contributed by atoms with E-state index in [1.165, 1.54) is 0 Å². The Balaban J connectivity index is 0.000000463. The average molecular weight is 350 g/mol. The van der Waals surface area contributed by atoms with Gasteiger partial charge in [0.1, 0.15) is 23.1 Å². The highest BCUT2D eigenvalue weighted by Gasteiger charge is 2.19. The molecular formula is C12H10F3N2O5P. The summed E-state index contributed by atoms with van der Waals surface area (Å²) in [6.45, 7) is 0. The molecule has 7 nitrogen and oxygen atoms in total. The number of pyridine rings is 1. The van der Waals surface area contributed by atoms with Crippen molar-refractivity contribution in [2.45, 2.75) is 0 Å². The second-order valence-corrected chi connectivity index (χ2v) is 5.05. The molecule has 0 aliphatic rings. The van der Waals surface area contributed by atoms with E-state index in [9.17, 15) is 18.0 Å². The molecule has 0 radical (unpaired) electrons. The number of rotatable bonds is 2. The van der Waals surface area contributed by atoms with E-state index in [0.29, 0.717) is 0 Å². The molecule has 1 aromatic heterocycles. The molecule has 1 heterocycles. The van der Waals surface area contributed by atoms with Crippen molar-refractivity contribution in [2.75, 3.05) is 0 Å². The summed E-state index contributed by atoms with van der Waals surface area (Å²) in [5.74, 6) is -3.67. The van der Waals surface area contributed by atoms with E-state index in [1.54, 1.807) is 0 Å². The van der Waals surface area contributed by atoms with E-state index in [1.807, 2.05) is 0 Å². The third kappa shape index (κ3) is 5.80. The topological polar surface area (TPSA) is 134 Å². The van der Waals surface area contributed by atoms with E-state index < -0.39 is 36.7 Å². The molecule has 0 aliphatic heterocycles. The van der Waals surface area contributed by atoms with Gasteiger partial charge in [0.2, 0.25) is 0 Å². The second kappa shape index (κ2) is 7.34. The van der Waals surface area contributed by atoms with Crippen LogP contribution in [0.25, 0.3) is 11.1 Å². The summed E-state index contributed by atoms with van der Waals surface area (Å²) in [4.78, 5) is 36.1. The number of benzene rings is 1. The number of carbonyl (C=O) groups is 1. The average Bonchev–Trinajstić information content (AvgIpc) is 2.36. The Kier molecular flexibility index (Phi) is 5.99. The van der Waals surface area contributed by atoms with Crippen LogP contribution in [0.4, 0.5) is 13.2 Å². The van der Waals surface area contributed by atoms with Gasteiger partial charge in [-0.15, -0.1) is 0 Å². The minimum absolute atomic E-state index is 0.307. The van der Waals surface area contributed by atoms with E-state index in [-0.39, 0.29) is 11.3 Å². The number of hydrogen-bond acceptors (Lipinski definition) is 3. The highest BCUT2D eigenvalue weighted by Crippen LogP contribution is 2.28. The highest BCUT2D eigenvalue weighted by molar-refractivity contribution is 7.45. The van der Waals surface area contributed by atoms with Crippen molar-refractivity contribution in [1.29, 1.82) is 0 Å². The predicted molar refractivity (Wildman–Crippen MR) is 72.3 cm³/mol. The minimum atomic E-state index is -4.64. The molecule has 11 heteroatoms. The first-order valence-electron chi connectivity index (χ1n) is 5.68. The molecule has 0 unspecified atom stereocenters. The van der Waals surface area contributed by atoms with Crippen LogP contribution in [0.15, 0.2) is 30.5 Å². The summed E-state index contributed by atoms with van der Waals surface area (Å²) in [6.07, 6.45) is 0.752. The molecule has 1 amide bonds. The molecule has 0 bridgehead atoms. The van der Waals surface area contributed by atoms with Gasteiger partial charge in [-0.05, 0) is 18.2 Å². The number of nitrogens with zero attached hydrogens (tertiary/aromatic N) is 1. The van der Waals surface area contributed by atoms with Gasteiger partial charge in [-0.1, -0.05) is 6.07 Å². The van der Waals surface area contributed by atoms with Crippen LogP contribution in [0, 0.1) is 17.5 Å². The van der Waals surface area contributed by atoms with E-state index >= 15 is 0 Å². The smallest absolute Gasteiger partial charge is 0.364 e. The zero-order chi connectivity index (χ0) is 17.8. The second-order valence-electron chi connectivity index (χ2n) is 4.02. The Morgan fingerprint density at radius 1 is 1.13 bits per heavy atom. The van der Waals surface area contributed by atoms with Gasteiger partial charge in [-0.2, -0.15) is 0 Å². The van der Waals surface area contributed by atoms with E-state index in [0.717, 1.165) is 30.5 Å². The number of hydrogen-bond donors (Lipinski definition) is 4. The van der Waals surface area contributed by atoms with Crippen molar-refractivity contribution in [3.63, 3.8) is 0 Å². The zero-order valence-electron chi connectivity index (χ0n) is 11.2. The lowest BCUT2D eigenvalue weighted by atomic mass is 10.0. The fourth-order valence-electron chi connectivity index (χ4n) is 1.58. The predicted octanol–water partition coefficient (Wildman–Crippen LogP) is 1.34. The number of primary amides is 1. The largest absolute Gasteiger partial charge is 0.466 e. The highest BCUT2D eigenvalue weighted by atomic mass is 31.2. The Morgan fingerprint density at radius 2 is 1.61 bits per heavy atom. The lowest BCUT2D eigenvalue weighted by Crippen LogP contribution is -2.15. The lowest BCUT2D eigenvalue weighted by Gasteiger charge is -2.08. The summed E-state index contributed by atoms with van der Waals surface area (Å²) >= 11 is 0. The third-order valence-corrected chi connectivity index (χ3v) is 2.32. The molecule has 2 aromatic rings. The summed E-state index contributed by atoms with van der Waals surface area (Å²) < 4.78 is 49.1. The molecule has 0 fully saturated rings. The van der Waals surface area contributed by atoms with Crippen LogP contribution in [0.5, 0.6) is 0 Å². The van der Waals surface area contributed by atoms with Crippen molar-refractivity contribution in [3.05, 3.63) is 53.6 Å². The first-order valence-corrected chi connectivity index (χ1v) is 7.25. The number of nitrogens with two attached hydrogens (primary N) is 1. The summed E-state index contributed by atoms with van der Waals surface area (Å²) in [5, 5.41) is 0. The van der Waals surface area contributed by atoms with E-state index in [4.69, 9.17) is 25.0 Å². The van der Waals surface area contributed by atoms with E-state index in [2.05, 4.69) is 4.98 Å². The Bertz CT molecular complexity index is 753. The maximum atomic E-state index is 13.6. The van der Waals surface area contributed by atoms with Gasteiger partial charge in [-0.25, -0.2) is 22.7 Å². The normalized spacial score (nSPS) is 10.7. The molecule has 5 N–H and O–H groups in total. The monoisotopic (exact) mass is 350 g/mol. The molecule has 23 heavy (non-hydrogen) atoms. The van der Waals surface area contributed by atoms with Gasteiger partial charge < -0.3 is 20.4 Å². The molecule has 0 saturated heterocycles. The number of phosphoric acid groups is 1. The molecule has 0 saturated carbocycles. The number of halogens is 3. The van der Waals surface area contributed by atoms with Gasteiger partial charge in [0.25, 0.3) is 5.91 Å². The standard InChI is InChI=1S/C12H7F3N2O.H3O4P/c13-6-4-7(11(12(16)18)17-5-6)10-8(14)2-1-3-9(10)15;1-5(2,3)4/h1-5H,(H2,16,18);(H3,1,2,3,4). The minimum Gasteiger partial charge on any atom is -0.364 e. The van der Waals surface area contributed by atoms with Crippen LogP contribution in [0.3, 0.4) is 0 Å². The fourth-order valence-corrected chi connectivity index (χ4v) is 1.58. The number of amides is 1. The summed E-state index contributed by atoms with van der Waals surface area (Å²) in [6, 6.07) is 3.96. The number of carbonyl (C=O) groups excluding carboxylic acids is 1. The third-order valence-electron chi connectivity index (χ3n) is 2.32. The van der Waals surface area contributed by atoms with Crippen LogP contribution in [0.1, 0.15) is 10.5 Å². The van der Waals surface area contributed by atoms with Gasteiger partial charge >= 0.3 is 7.82 Å². The van der Waals surface area contributed by atoms with Crippen molar-refractivity contribution >= 4 is 13.7 Å². The van der Waals surface area contributed by atoms with Crippen molar-refractivity contribution in [1.82, 2.24) is 4.98 Å². The van der Waals surface area contributed by atoms with Crippen LogP contribution >= 0.6 is 7.82 Å². The van der Waals surface area contributed by atoms with Crippen LogP contribution in [-0.2, 0) is 4.57 Å². The van der Waals surface area contributed by atoms with Gasteiger partial charge in [0.05, 0.1) is 11.8 Å². The quantitative estimate of drug-likeness (QED) is 0.604. The number of aromatic nitrogens is 1. The molecule has 2 rings (SSSR count). The zero-order valence-corrected chi connectivity index (χ0v) is 12.0. The molecule has 124 valence electrons. The van der Waals surface area contributed by atoms with Crippen molar-refractivity contribution in [3.8, 4) is 11.1 Å². The fraction of sp³-hybridized carbons (Fsp3) is 0. The molecule has 0 spiro atoms. The molecule has 0 aliphatic carbocycles. The molecular weight excluding hydrogens is 340 g/mol. The van der Waals surface area contributed by atoms with Gasteiger partial charge in [0, 0.05) is 5.56 Å². The van der Waals surface area contributed by atoms with Crippen LogP contribution in [0.2, 0.25) is 0 Å². The molecule has 1 aromatic carbocycles. The lowest BCUT2D eigenvalue weighted by molar-refractivity contribution is 0.0996. The van der Waals surface area contributed by atoms with Crippen molar-refractivity contribution in [2.24, 2.45) is 5.73 Å². The SMILES string of the molecule is NC(=O)c1ncc(F)cc1-c1c(F)cccc1F.O=P(O)(O)O. The Labute approximate surface area is 127 Å².